The van der Waals surface area contributed by atoms with Gasteiger partial charge in [-0.25, -0.2) is 0 Å². The van der Waals surface area contributed by atoms with Crippen LogP contribution in [0.3, 0.4) is 0 Å². The Morgan fingerprint density at radius 3 is 1.82 bits per heavy atom. The third-order valence-electron chi connectivity index (χ3n) is 10.2. The number of fused-ring (bicyclic) bond motifs is 10. The zero-order chi connectivity index (χ0) is 32.1. The zero-order valence-corrected chi connectivity index (χ0v) is 27.1. The Morgan fingerprint density at radius 2 is 1.04 bits per heavy atom. The van der Waals surface area contributed by atoms with Crippen LogP contribution < -0.4 is 0 Å². The standard InChI is InChI=1S/C46H26O2S/c1-2-11-27(12-3-1)37-26-47-38-23-24-39-44(45(37)38)35-22-21-28(25-40(35)48-39)42-30-14-4-6-16-32(30)43(33-17-7-5-15-31(33)42)36-19-10-18-34-29-13-8-9-20-41(29)49-46(34)36/h1-26H. The second kappa shape index (κ2) is 10.2. The van der Waals surface area contributed by atoms with E-state index in [9.17, 15) is 0 Å². The number of hydrogen-bond donors (Lipinski definition) is 0. The molecule has 0 radical (unpaired) electrons. The van der Waals surface area contributed by atoms with Crippen LogP contribution in [0, 0.1) is 0 Å². The lowest BCUT2D eigenvalue weighted by Crippen LogP contribution is -1.91. The predicted molar refractivity (Wildman–Crippen MR) is 208 cm³/mol. The number of hydrogen-bond acceptors (Lipinski definition) is 3. The number of rotatable bonds is 3. The van der Waals surface area contributed by atoms with Crippen LogP contribution >= 0.6 is 11.3 Å². The van der Waals surface area contributed by atoms with Crippen molar-refractivity contribution < 1.29 is 8.83 Å². The van der Waals surface area contributed by atoms with E-state index in [1.54, 1.807) is 0 Å². The Kier molecular flexibility index (Phi) is 5.57. The van der Waals surface area contributed by atoms with Crippen LogP contribution in [0.5, 0.6) is 0 Å². The summed E-state index contributed by atoms with van der Waals surface area (Å²) in [5.74, 6) is 0. The molecule has 0 saturated carbocycles. The van der Waals surface area contributed by atoms with Gasteiger partial charge in [-0.1, -0.05) is 121 Å². The molecule has 3 heterocycles. The molecule has 11 rings (SSSR count). The summed E-state index contributed by atoms with van der Waals surface area (Å²) in [5, 5.41) is 10.9. The maximum atomic E-state index is 6.64. The van der Waals surface area contributed by atoms with Gasteiger partial charge >= 0.3 is 0 Å². The van der Waals surface area contributed by atoms with E-state index in [1.165, 1.54) is 58.4 Å². The predicted octanol–water partition coefficient (Wildman–Crippen LogP) is 14.0. The smallest absolute Gasteiger partial charge is 0.136 e. The third kappa shape index (κ3) is 3.82. The molecule has 0 amide bonds. The number of benzene rings is 8. The van der Waals surface area contributed by atoms with Crippen molar-refractivity contribution in [3.63, 3.8) is 0 Å². The minimum Gasteiger partial charge on any atom is -0.464 e. The van der Waals surface area contributed by atoms with Gasteiger partial charge in [-0.2, -0.15) is 0 Å². The van der Waals surface area contributed by atoms with Gasteiger partial charge in [0.15, 0.2) is 0 Å². The lowest BCUT2D eigenvalue weighted by molar-refractivity contribution is 0.616. The summed E-state index contributed by atoms with van der Waals surface area (Å²) in [6.45, 7) is 0. The highest BCUT2D eigenvalue weighted by molar-refractivity contribution is 7.26. The first kappa shape index (κ1) is 26.9. The lowest BCUT2D eigenvalue weighted by atomic mass is 9.85. The first-order chi connectivity index (χ1) is 24.3. The van der Waals surface area contributed by atoms with Gasteiger partial charge in [-0.15, -0.1) is 11.3 Å². The minimum atomic E-state index is 0.861. The van der Waals surface area contributed by atoms with Crippen molar-refractivity contribution >= 4 is 86.0 Å². The molecule has 0 bridgehead atoms. The Morgan fingerprint density at radius 1 is 0.388 bits per heavy atom. The summed E-state index contributed by atoms with van der Waals surface area (Å²) >= 11 is 1.89. The van der Waals surface area contributed by atoms with E-state index in [1.807, 2.05) is 35.8 Å². The summed E-state index contributed by atoms with van der Waals surface area (Å²) in [7, 11) is 0. The van der Waals surface area contributed by atoms with Crippen molar-refractivity contribution in [1.29, 1.82) is 0 Å². The highest BCUT2D eigenvalue weighted by atomic mass is 32.1. The van der Waals surface area contributed by atoms with Crippen molar-refractivity contribution in [1.82, 2.24) is 0 Å². The molecule has 3 heteroatoms. The molecular formula is C46H26O2S. The normalized spacial score (nSPS) is 12.1. The van der Waals surface area contributed by atoms with Crippen LogP contribution in [0.1, 0.15) is 0 Å². The van der Waals surface area contributed by atoms with Crippen molar-refractivity contribution in [3.8, 4) is 33.4 Å². The summed E-state index contributed by atoms with van der Waals surface area (Å²) in [6, 6.07) is 54.5. The average Bonchev–Trinajstić information content (AvgIpc) is 3.87. The topological polar surface area (TPSA) is 26.3 Å². The molecule has 0 aliphatic heterocycles. The molecule has 3 aromatic heterocycles. The van der Waals surface area contributed by atoms with Crippen LogP contribution in [0.2, 0.25) is 0 Å². The van der Waals surface area contributed by atoms with Gasteiger partial charge in [-0.05, 0) is 74.1 Å². The Balaban J connectivity index is 1.19. The van der Waals surface area contributed by atoms with E-state index < -0.39 is 0 Å². The monoisotopic (exact) mass is 642 g/mol. The minimum absolute atomic E-state index is 0.861. The molecule has 0 aliphatic rings. The van der Waals surface area contributed by atoms with Crippen molar-refractivity contribution in [2.24, 2.45) is 0 Å². The fourth-order valence-electron chi connectivity index (χ4n) is 8.05. The molecule has 0 saturated heterocycles. The molecule has 0 N–H and O–H groups in total. The Bertz CT molecular complexity index is 3050. The highest BCUT2D eigenvalue weighted by Crippen LogP contribution is 2.49. The van der Waals surface area contributed by atoms with E-state index in [0.29, 0.717) is 0 Å². The molecule has 0 fully saturated rings. The van der Waals surface area contributed by atoms with Crippen LogP contribution in [-0.4, -0.2) is 0 Å². The van der Waals surface area contributed by atoms with E-state index in [-0.39, 0.29) is 0 Å². The molecule has 0 aliphatic carbocycles. The lowest BCUT2D eigenvalue weighted by Gasteiger charge is -2.18. The van der Waals surface area contributed by atoms with Crippen molar-refractivity contribution in [2.75, 3.05) is 0 Å². The highest BCUT2D eigenvalue weighted by Gasteiger charge is 2.21. The van der Waals surface area contributed by atoms with Gasteiger partial charge in [0.25, 0.3) is 0 Å². The molecule has 0 atom stereocenters. The molecule has 228 valence electrons. The Hall–Kier alpha value is -6.16. The molecule has 49 heavy (non-hydrogen) atoms. The fraction of sp³-hybridized carbons (Fsp3) is 0. The van der Waals surface area contributed by atoms with E-state index in [0.717, 1.165) is 49.6 Å². The second-order valence-electron chi connectivity index (χ2n) is 12.8. The van der Waals surface area contributed by atoms with Gasteiger partial charge in [0.05, 0.1) is 6.26 Å². The maximum Gasteiger partial charge on any atom is 0.136 e. The fourth-order valence-corrected chi connectivity index (χ4v) is 9.28. The van der Waals surface area contributed by atoms with Gasteiger partial charge in [0.1, 0.15) is 16.7 Å². The van der Waals surface area contributed by atoms with Crippen LogP contribution in [-0.2, 0) is 0 Å². The maximum absolute atomic E-state index is 6.64. The zero-order valence-electron chi connectivity index (χ0n) is 26.2. The molecule has 11 aromatic rings. The molecule has 2 nitrogen and oxygen atoms in total. The van der Waals surface area contributed by atoms with Crippen LogP contribution in [0.15, 0.2) is 167 Å². The van der Waals surface area contributed by atoms with Crippen LogP contribution in [0.25, 0.3) is 108 Å². The molecule has 0 spiro atoms. The number of furan rings is 2. The summed E-state index contributed by atoms with van der Waals surface area (Å²) in [4.78, 5) is 0. The first-order valence-electron chi connectivity index (χ1n) is 16.6. The summed E-state index contributed by atoms with van der Waals surface area (Å²) in [6.07, 6.45) is 1.87. The second-order valence-corrected chi connectivity index (χ2v) is 13.8. The van der Waals surface area contributed by atoms with Gasteiger partial charge in [-0.3, -0.25) is 0 Å². The first-order valence-corrected chi connectivity index (χ1v) is 17.4. The third-order valence-corrected chi connectivity index (χ3v) is 11.4. The molecule has 8 aromatic carbocycles. The SMILES string of the molecule is c1ccc(-c2coc3ccc4oc5cc(-c6c7ccccc7c(-c7cccc8c7sc7ccccc78)c7ccccc67)ccc5c4c23)cc1. The average molecular weight is 643 g/mol. The van der Waals surface area contributed by atoms with E-state index in [4.69, 9.17) is 8.83 Å². The Labute approximate surface area is 285 Å². The largest absolute Gasteiger partial charge is 0.464 e. The quantitative estimate of drug-likeness (QED) is 0.179. The number of thiophene rings is 1. The van der Waals surface area contributed by atoms with Gasteiger partial charge in [0.2, 0.25) is 0 Å². The van der Waals surface area contributed by atoms with Gasteiger partial charge in [0, 0.05) is 47.5 Å². The van der Waals surface area contributed by atoms with Crippen LogP contribution in [0.4, 0.5) is 0 Å². The summed E-state index contributed by atoms with van der Waals surface area (Å²) < 4.78 is 15.4. The van der Waals surface area contributed by atoms with Crippen molar-refractivity contribution in [2.45, 2.75) is 0 Å². The molecule has 0 unspecified atom stereocenters. The van der Waals surface area contributed by atoms with Gasteiger partial charge < -0.3 is 8.83 Å². The van der Waals surface area contributed by atoms with E-state index in [2.05, 4.69) is 133 Å². The summed E-state index contributed by atoms with van der Waals surface area (Å²) in [5.41, 5.74) is 9.72. The molecular weight excluding hydrogens is 617 g/mol. The van der Waals surface area contributed by atoms with Crippen molar-refractivity contribution in [3.05, 3.63) is 158 Å². The van der Waals surface area contributed by atoms with E-state index >= 15 is 0 Å².